The highest BCUT2D eigenvalue weighted by Gasteiger charge is 2.22. The molecule has 0 saturated heterocycles. The number of benzene rings is 3. The van der Waals surface area contributed by atoms with Crippen LogP contribution in [0.2, 0.25) is 5.02 Å². The Balaban J connectivity index is 1.89. The van der Waals surface area contributed by atoms with Gasteiger partial charge >= 0.3 is 0 Å². The van der Waals surface area contributed by atoms with Crippen molar-refractivity contribution in [2.45, 2.75) is 32.6 Å². The third-order valence-electron chi connectivity index (χ3n) is 5.56. The molecule has 0 saturated carbocycles. The van der Waals surface area contributed by atoms with Crippen LogP contribution in [0, 0.1) is 20.8 Å². The Morgan fingerprint density at radius 2 is 1.56 bits per heavy atom. The number of rotatable bonds is 5. The molecule has 0 atom stereocenters. The molecule has 0 amide bonds. The second-order valence-corrected chi connectivity index (χ2v) is 10.1. The van der Waals surface area contributed by atoms with E-state index in [9.17, 15) is 13.2 Å². The summed E-state index contributed by atoms with van der Waals surface area (Å²) in [5, 5.41) is 1.16. The van der Waals surface area contributed by atoms with Gasteiger partial charge in [0.2, 0.25) is 0 Å². The van der Waals surface area contributed by atoms with Crippen molar-refractivity contribution in [3.63, 3.8) is 0 Å². The van der Waals surface area contributed by atoms with Crippen molar-refractivity contribution in [1.82, 2.24) is 4.57 Å². The van der Waals surface area contributed by atoms with Gasteiger partial charge in [0.15, 0.2) is 5.78 Å². The van der Waals surface area contributed by atoms with Crippen molar-refractivity contribution in [2.24, 2.45) is 0 Å². The number of nitrogens with zero attached hydrogens (tertiary/aromatic N) is 1. The fourth-order valence-electron chi connectivity index (χ4n) is 3.96. The minimum absolute atomic E-state index is 0.0753. The molecule has 3 aromatic carbocycles. The number of ketones is 1. The third kappa shape index (κ3) is 3.92. The summed E-state index contributed by atoms with van der Waals surface area (Å²) in [5.74, 6) is -0.0753. The van der Waals surface area contributed by atoms with Crippen molar-refractivity contribution in [3.05, 3.63) is 88.1 Å². The van der Waals surface area contributed by atoms with E-state index in [0.29, 0.717) is 21.7 Å². The van der Waals surface area contributed by atoms with E-state index in [-0.39, 0.29) is 10.7 Å². The predicted molar refractivity (Wildman–Crippen MR) is 130 cm³/mol. The molecular formula is C25H23ClN2O3S. The van der Waals surface area contributed by atoms with Gasteiger partial charge in [-0.25, -0.2) is 8.42 Å². The first-order valence-electron chi connectivity index (χ1n) is 10.1. The van der Waals surface area contributed by atoms with Gasteiger partial charge < -0.3 is 4.57 Å². The molecule has 4 aromatic rings. The Morgan fingerprint density at radius 3 is 2.16 bits per heavy atom. The third-order valence-corrected chi connectivity index (χ3v) is 7.20. The van der Waals surface area contributed by atoms with Crippen LogP contribution in [0.5, 0.6) is 0 Å². The number of aryl methyl sites for hydroxylation is 2. The van der Waals surface area contributed by atoms with Crippen molar-refractivity contribution in [2.75, 3.05) is 4.72 Å². The van der Waals surface area contributed by atoms with Crippen LogP contribution in [0.15, 0.2) is 65.6 Å². The molecule has 0 bridgehead atoms. The van der Waals surface area contributed by atoms with Crippen LogP contribution in [-0.2, 0) is 10.0 Å². The van der Waals surface area contributed by atoms with Crippen LogP contribution in [0.4, 0.5) is 5.69 Å². The maximum absolute atomic E-state index is 12.9. The van der Waals surface area contributed by atoms with E-state index in [0.717, 1.165) is 28.0 Å². The minimum Gasteiger partial charge on any atom is -0.313 e. The van der Waals surface area contributed by atoms with Crippen LogP contribution in [-0.4, -0.2) is 18.8 Å². The number of fused-ring (bicyclic) bond motifs is 1. The maximum Gasteiger partial charge on any atom is 0.261 e. The van der Waals surface area contributed by atoms with Gasteiger partial charge in [0.05, 0.1) is 16.1 Å². The van der Waals surface area contributed by atoms with E-state index in [2.05, 4.69) is 4.72 Å². The first-order chi connectivity index (χ1) is 15.1. The Kier molecular flexibility index (Phi) is 5.61. The molecule has 0 fully saturated rings. The van der Waals surface area contributed by atoms with Crippen molar-refractivity contribution < 1.29 is 13.2 Å². The van der Waals surface area contributed by atoms with Gasteiger partial charge in [0, 0.05) is 27.4 Å². The monoisotopic (exact) mass is 466 g/mol. The van der Waals surface area contributed by atoms with E-state index in [1.54, 1.807) is 6.07 Å². The van der Waals surface area contributed by atoms with Gasteiger partial charge in [-0.15, -0.1) is 0 Å². The van der Waals surface area contributed by atoms with E-state index in [1.165, 1.54) is 31.2 Å². The summed E-state index contributed by atoms with van der Waals surface area (Å²) >= 11 is 5.89. The van der Waals surface area contributed by atoms with E-state index >= 15 is 0 Å². The lowest BCUT2D eigenvalue weighted by Crippen LogP contribution is -2.13. The first kappa shape index (κ1) is 22.1. The summed E-state index contributed by atoms with van der Waals surface area (Å²) < 4.78 is 30.5. The Morgan fingerprint density at radius 1 is 0.938 bits per heavy atom. The highest BCUT2D eigenvalue weighted by Crippen LogP contribution is 2.34. The Bertz CT molecular complexity index is 1450. The smallest absolute Gasteiger partial charge is 0.261 e. The maximum atomic E-state index is 12.9. The zero-order valence-corrected chi connectivity index (χ0v) is 19.8. The SMILES string of the molecule is CC(=O)c1c(C)n(-c2ccc(C)cc2)c2cc(C)c(NS(=O)(=O)c3ccc(Cl)cc3)cc12. The number of carbonyl (C=O) groups excluding carboxylic acids is 1. The topological polar surface area (TPSA) is 68.2 Å². The van der Waals surface area contributed by atoms with Crippen LogP contribution < -0.4 is 4.72 Å². The molecule has 0 unspecified atom stereocenters. The highest BCUT2D eigenvalue weighted by molar-refractivity contribution is 7.92. The fraction of sp³-hybridized carbons (Fsp3) is 0.160. The van der Waals surface area contributed by atoms with E-state index in [1.807, 2.05) is 55.7 Å². The number of carbonyl (C=O) groups is 1. The van der Waals surface area contributed by atoms with Gasteiger partial charge in [-0.3, -0.25) is 9.52 Å². The van der Waals surface area contributed by atoms with E-state index in [4.69, 9.17) is 11.6 Å². The van der Waals surface area contributed by atoms with Crippen LogP contribution in [0.25, 0.3) is 16.6 Å². The van der Waals surface area contributed by atoms with Crippen molar-refractivity contribution in [3.8, 4) is 5.69 Å². The first-order valence-corrected chi connectivity index (χ1v) is 12.0. The highest BCUT2D eigenvalue weighted by atomic mass is 35.5. The zero-order chi connectivity index (χ0) is 23.2. The molecule has 0 aliphatic rings. The van der Waals surface area contributed by atoms with Gasteiger partial charge in [-0.1, -0.05) is 29.3 Å². The molecule has 5 nitrogen and oxygen atoms in total. The molecule has 0 radical (unpaired) electrons. The summed E-state index contributed by atoms with van der Waals surface area (Å²) in [7, 11) is -3.81. The fourth-order valence-corrected chi connectivity index (χ4v) is 5.21. The molecule has 0 spiro atoms. The van der Waals surface area contributed by atoms with Gasteiger partial charge in [-0.05, 0) is 81.8 Å². The molecule has 1 N–H and O–H groups in total. The summed E-state index contributed by atoms with van der Waals surface area (Å²) in [6, 6.07) is 17.7. The second kappa shape index (κ2) is 8.11. The minimum atomic E-state index is -3.81. The summed E-state index contributed by atoms with van der Waals surface area (Å²) in [6.07, 6.45) is 0. The number of hydrogen-bond donors (Lipinski definition) is 1. The van der Waals surface area contributed by atoms with E-state index < -0.39 is 10.0 Å². The lowest BCUT2D eigenvalue weighted by Gasteiger charge is -2.13. The molecule has 4 rings (SSSR count). The van der Waals surface area contributed by atoms with Gasteiger partial charge in [0.1, 0.15) is 0 Å². The number of Topliss-reactive ketones (excluding diaryl/α,β-unsaturated/α-hetero) is 1. The quantitative estimate of drug-likeness (QED) is 0.355. The Hall–Kier alpha value is -3.09. The number of hydrogen-bond acceptors (Lipinski definition) is 3. The number of nitrogens with one attached hydrogen (secondary N) is 1. The average molecular weight is 467 g/mol. The predicted octanol–water partition coefficient (Wildman–Crippen LogP) is 6.21. The molecule has 7 heteroatoms. The van der Waals surface area contributed by atoms with Crippen LogP contribution in [0.1, 0.15) is 34.1 Å². The molecule has 32 heavy (non-hydrogen) atoms. The lowest BCUT2D eigenvalue weighted by atomic mass is 10.1. The molecule has 0 aliphatic heterocycles. The zero-order valence-electron chi connectivity index (χ0n) is 18.2. The molecule has 0 aliphatic carbocycles. The summed E-state index contributed by atoms with van der Waals surface area (Å²) in [5.41, 5.74) is 5.50. The number of halogens is 1. The Labute approximate surface area is 192 Å². The van der Waals surface area contributed by atoms with Crippen molar-refractivity contribution in [1.29, 1.82) is 0 Å². The summed E-state index contributed by atoms with van der Waals surface area (Å²) in [4.78, 5) is 12.7. The molecule has 1 heterocycles. The number of sulfonamides is 1. The van der Waals surface area contributed by atoms with Gasteiger partial charge in [-0.2, -0.15) is 0 Å². The standard InChI is InChI=1S/C25H23ClN2O3S/c1-15-5-9-20(10-6-15)28-17(3)25(18(4)29)22-14-23(16(2)13-24(22)28)27-32(30,31)21-11-7-19(26)8-12-21/h5-14,27H,1-4H3. The molecule has 1 aromatic heterocycles. The normalized spacial score (nSPS) is 11.7. The molecule has 164 valence electrons. The molecular weight excluding hydrogens is 444 g/mol. The number of anilines is 1. The average Bonchev–Trinajstić information content (AvgIpc) is 3.00. The van der Waals surface area contributed by atoms with Crippen LogP contribution in [0.3, 0.4) is 0 Å². The largest absolute Gasteiger partial charge is 0.313 e. The van der Waals surface area contributed by atoms with Gasteiger partial charge in [0.25, 0.3) is 10.0 Å². The number of aromatic nitrogens is 1. The summed E-state index contributed by atoms with van der Waals surface area (Å²) in [6.45, 7) is 7.30. The van der Waals surface area contributed by atoms with Crippen LogP contribution >= 0.6 is 11.6 Å². The second-order valence-electron chi connectivity index (χ2n) is 7.93. The van der Waals surface area contributed by atoms with Crippen molar-refractivity contribution >= 4 is 44.0 Å². The lowest BCUT2D eigenvalue weighted by molar-refractivity contribution is 0.101.